The number of rotatable bonds is 6. The summed E-state index contributed by atoms with van der Waals surface area (Å²) in [4.78, 5) is 39.4. The molecule has 0 aliphatic carbocycles. The van der Waals surface area contributed by atoms with E-state index in [4.69, 9.17) is 16.9 Å². The van der Waals surface area contributed by atoms with Crippen molar-refractivity contribution in [3.63, 3.8) is 0 Å². The molecule has 2 rings (SSSR count). The van der Waals surface area contributed by atoms with E-state index in [1.54, 1.807) is 11.0 Å². The van der Waals surface area contributed by atoms with Gasteiger partial charge in [0.2, 0.25) is 5.91 Å². The number of likely N-dealkylation sites (N-methyl/N-ethyl adjacent to an activating group) is 1. The first-order valence-corrected chi connectivity index (χ1v) is 9.44. The zero-order chi connectivity index (χ0) is 22.8. The average molecular weight is 415 g/mol. The molecule has 2 aliphatic heterocycles. The van der Waals surface area contributed by atoms with Crippen LogP contribution in [-0.4, -0.2) is 54.4 Å². The molecule has 0 saturated heterocycles. The second-order valence-electron chi connectivity index (χ2n) is 6.69. The number of carbonyl (C=O) groups is 3. The van der Waals surface area contributed by atoms with Crippen LogP contribution in [0.2, 0.25) is 0 Å². The third-order valence-electron chi connectivity index (χ3n) is 4.58. The zero-order valence-corrected chi connectivity index (χ0v) is 17.7. The van der Waals surface area contributed by atoms with Crippen molar-refractivity contribution in [1.82, 2.24) is 15.1 Å². The minimum Gasteiger partial charge on any atom is -0.399 e. The molecule has 0 saturated carbocycles. The molecule has 0 fully saturated rings. The lowest BCUT2D eigenvalue weighted by Gasteiger charge is -2.28. The molecule has 0 aromatic heterocycles. The van der Waals surface area contributed by atoms with Crippen LogP contribution in [0.4, 0.5) is 0 Å². The fourth-order valence-electron chi connectivity index (χ4n) is 3.02. The average Bonchev–Trinajstić information content (AvgIpc) is 2.96. The molecular formula is C21H30N6O3. The van der Waals surface area contributed by atoms with Gasteiger partial charge < -0.3 is 27.1 Å². The Hall–Kier alpha value is -3.62. The maximum Gasteiger partial charge on any atom is 0.277 e. The number of hydrogen-bond donors (Lipinski definition) is 4. The molecule has 9 nitrogen and oxygen atoms in total. The Bertz CT molecular complexity index is 851. The van der Waals surface area contributed by atoms with Gasteiger partial charge in [0.15, 0.2) is 0 Å². The van der Waals surface area contributed by atoms with Gasteiger partial charge in [0.05, 0.1) is 6.54 Å². The third-order valence-corrected chi connectivity index (χ3v) is 4.58. The van der Waals surface area contributed by atoms with Crippen LogP contribution in [0.3, 0.4) is 0 Å². The summed E-state index contributed by atoms with van der Waals surface area (Å²) in [6, 6.07) is 0. The van der Waals surface area contributed by atoms with Gasteiger partial charge in [-0.25, -0.2) is 0 Å². The van der Waals surface area contributed by atoms with E-state index >= 15 is 0 Å². The smallest absolute Gasteiger partial charge is 0.277 e. The van der Waals surface area contributed by atoms with Gasteiger partial charge in [-0.05, 0) is 51.1 Å². The van der Waals surface area contributed by atoms with Crippen LogP contribution in [0.5, 0.6) is 0 Å². The highest BCUT2D eigenvalue weighted by Crippen LogP contribution is 2.30. The van der Waals surface area contributed by atoms with Gasteiger partial charge in [-0.2, -0.15) is 0 Å². The molecule has 0 radical (unpaired) electrons. The van der Waals surface area contributed by atoms with Gasteiger partial charge in [-0.3, -0.25) is 19.3 Å². The number of carbonyl (C=O) groups excluding carboxylic acids is 3. The van der Waals surface area contributed by atoms with E-state index in [0.717, 1.165) is 10.5 Å². The Morgan fingerprint density at radius 1 is 1.20 bits per heavy atom. The summed E-state index contributed by atoms with van der Waals surface area (Å²) >= 11 is 0. The minimum absolute atomic E-state index is 0.0559. The Balaban J connectivity index is 0.00000218. The number of nitrogens with zero attached hydrogens (tertiary/aromatic N) is 2. The van der Waals surface area contributed by atoms with Crippen LogP contribution in [0.1, 0.15) is 26.7 Å². The van der Waals surface area contributed by atoms with Crippen LogP contribution in [-0.2, 0) is 14.4 Å². The van der Waals surface area contributed by atoms with E-state index < -0.39 is 0 Å². The van der Waals surface area contributed by atoms with E-state index in [1.807, 2.05) is 32.1 Å². The van der Waals surface area contributed by atoms with Crippen molar-refractivity contribution in [3.8, 4) is 0 Å². The molecule has 2 aliphatic rings. The molecule has 9 heteroatoms. The summed E-state index contributed by atoms with van der Waals surface area (Å²) in [6.45, 7) is 6.75. The summed E-state index contributed by atoms with van der Waals surface area (Å²) in [5.74, 6) is -0.879. The number of amides is 3. The first-order chi connectivity index (χ1) is 14.3. The summed E-state index contributed by atoms with van der Waals surface area (Å²) < 4.78 is 0. The fourth-order valence-corrected chi connectivity index (χ4v) is 3.02. The normalized spacial score (nSPS) is 17.9. The minimum atomic E-state index is -0.370. The number of hydrogen-bond acceptors (Lipinski definition) is 7. The topological polar surface area (TPSA) is 146 Å². The monoisotopic (exact) mass is 414 g/mol. The number of allylic oxidation sites excluding steroid dienone is 6. The predicted octanol–water partition coefficient (Wildman–Crippen LogP) is 0.882. The van der Waals surface area contributed by atoms with E-state index in [0.29, 0.717) is 36.4 Å². The fraction of sp³-hybridized carbons (Fsp3) is 0.333. The Morgan fingerprint density at radius 2 is 1.87 bits per heavy atom. The number of nitrogens with one attached hydrogen (secondary N) is 2. The van der Waals surface area contributed by atoms with Crippen molar-refractivity contribution in [1.29, 1.82) is 5.41 Å². The lowest BCUT2D eigenvalue weighted by Crippen LogP contribution is -2.41. The molecular weight excluding hydrogens is 384 g/mol. The highest BCUT2D eigenvalue weighted by molar-refractivity contribution is 6.19. The molecule has 0 atom stereocenters. The standard InChI is InChI=1S/C20H27N5O3.CH3N/c1-4-5-7-13(2)15(21)9-10-16(22)23-17(26)12-25-11-6-8-14-18(25)20(28)24(3)19(14)27;1-2/h4-5,7,9-10H,6,8,11-12,21-22H2,1-3H3,(H,23,26);2H,1H2/b5-4+,13-7+,15-9-,16-10+;. The maximum absolute atomic E-state index is 12.3. The van der Waals surface area contributed by atoms with Crippen molar-refractivity contribution in [2.75, 3.05) is 20.1 Å². The van der Waals surface area contributed by atoms with Crippen molar-refractivity contribution in [3.05, 3.63) is 58.7 Å². The molecule has 0 unspecified atom stereocenters. The van der Waals surface area contributed by atoms with Crippen molar-refractivity contribution in [2.24, 2.45) is 11.5 Å². The van der Waals surface area contributed by atoms with E-state index in [1.165, 1.54) is 13.1 Å². The summed E-state index contributed by atoms with van der Waals surface area (Å²) in [6.07, 6.45) is 10.0. The van der Waals surface area contributed by atoms with E-state index in [2.05, 4.69) is 12.0 Å². The second kappa shape index (κ2) is 11.4. The van der Waals surface area contributed by atoms with Crippen LogP contribution in [0.15, 0.2) is 58.7 Å². The van der Waals surface area contributed by atoms with Crippen LogP contribution in [0, 0.1) is 5.41 Å². The van der Waals surface area contributed by atoms with Crippen molar-refractivity contribution in [2.45, 2.75) is 26.7 Å². The molecule has 162 valence electrons. The first-order valence-electron chi connectivity index (χ1n) is 9.44. The summed E-state index contributed by atoms with van der Waals surface area (Å²) in [5.41, 5.74) is 14.0. The van der Waals surface area contributed by atoms with Gasteiger partial charge in [0, 0.05) is 24.9 Å². The van der Waals surface area contributed by atoms with Gasteiger partial charge in [-0.1, -0.05) is 18.2 Å². The Morgan fingerprint density at radius 3 is 2.50 bits per heavy atom. The van der Waals surface area contributed by atoms with Crippen LogP contribution in [0.25, 0.3) is 0 Å². The molecule has 0 aromatic carbocycles. The van der Waals surface area contributed by atoms with Gasteiger partial charge in [0.25, 0.3) is 11.8 Å². The predicted molar refractivity (Wildman–Crippen MR) is 117 cm³/mol. The molecule has 3 amide bonds. The van der Waals surface area contributed by atoms with E-state index in [-0.39, 0.29) is 30.1 Å². The zero-order valence-electron chi connectivity index (χ0n) is 17.7. The van der Waals surface area contributed by atoms with E-state index in [9.17, 15) is 14.4 Å². The molecule has 2 heterocycles. The van der Waals surface area contributed by atoms with Crippen LogP contribution >= 0.6 is 0 Å². The Kier molecular flexibility index (Phi) is 9.28. The molecule has 0 spiro atoms. The molecule has 6 N–H and O–H groups in total. The quantitative estimate of drug-likeness (QED) is 0.288. The van der Waals surface area contributed by atoms with Crippen molar-refractivity contribution >= 4 is 24.4 Å². The molecule has 0 aromatic rings. The number of imide groups is 1. The van der Waals surface area contributed by atoms with Gasteiger partial charge in [-0.15, -0.1) is 0 Å². The van der Waals surface area contributed by atoms with Crippen LogP contribution < -0.4 is 16.8 Å². The second-order valence-corrected chi connectivity index (χ2v) is 6.69. The number of nitrogens with two attached hydrogens (primary N) is 2. The Labute approximate surface area is 177 Å². The van der Waals surface area contributed by atoms with Gasteiger partial charge >= 0.3 is 0 Å². The lowest BCUT2D eigenvalue weighted by molar-refractivity contribution is -0.136. The van der Waals surface area contributed by atoms with Crippen molar-refractivity contribution < 1.29 is 14.4 Å². The maximum atomic E-state index is 12.3. The highest BCUT2D eigenvalue weighted by Gasteiger charge is 2.40. The summed E-state index contributed by atoms with van der Waals surface area (Å²) in [7, 11) is 1.45. The largest absolute Gasteiger partial charge is 0.399 e. The van der Waals surface area contributed by atoms with Gasteiger partial charge in [0.1, 0.15) is 11.5 Å². The SMILES string of the molecule is C/C=C/C=C(C)/C(N)=C/C=C(\N)NC(=O)CN1CCCC2=C1C(=O)N(C)C2=O.C=N. The lowest BCUT2D eigenvalue weighted by atomic mass is 10.0. The summed E-state index contributed by atoms with van der Waals surface area (Å²) in [5, 5.41) is 8.07. The highest BCUT2D eigenvalue weighted by atomic mass is 16.2. The first kappa shape index (κ1) is 24.4. The molecule has 0 bridgehead atoms. The third kappa shape index (κ3) is 5.94. The molecule has 30 heavy (non-hydrogen) atoms.